The van der Waals surface area contributed by atoms with Gasteiger partial charge in [0.2, 0.25) is 11.8 Å². The highest BCUT2D eigenvalue weighted by Gasteiger charge is 2.39. The van der Waals surface area contributed by atoms with Crippen molar-refractivity contribution in [3.05, 3.63) is 35.1 Å². The molecule has 0 radical (unpaired) electrons. The Morgan fingerprint density at radius 1 is 1.28 bits per heavy atom. The first-order chi connectivity index (χ1) is 11.4. The molecule has 2 rings (SSSR count). The van der Waals surface area contributed by atoms with Crippen LogP contribution in [0.5, 0.6) is 0 Å². The zero-order chi connectivity index (χ0) is 19.0. The number of amides is 2. The van der Waals surface area contributed by atoms with Crippen LogP contribution in [0.25, 0.3) is 0 Å². The normalized spacial score (nSPS) is 18.6. The van der Waals surface area contributed by atoms with Crippen LogP contribution in [0, 0.1) is 11.7 Å². The molecule has 1 aromatic carbocycles. The summed E-state index contributed by atoms with van der Waals surface area (Å²) in [4.78, 5) is 25.8. The fourth-order valence-corrected chi connectivity index (χ4v) is 2.84. The predicted octanol–water partition coefficient (Wildman–Crippen LogP) is 3.11. The SMILES string of the molecule is CC(C)(C)N1C[C@@H](C(=O)NCc2cc(F)ccc2C(F)(F)F)CC1=O. The molecular formula is C17H20F4N2O2. The van der Waals surface area contributed by atoms with Gasteiger partial charge in [-0.15, -0.1) is 0 Å². The fourth-order valence-electron chi connectivity index (χ4n) is 2.84. The average Bonchev–Trinajstić information content (AvgIpc) is 2.85. The standard InChI is InChI=1S/C17H20F4N2O2/c1-16(2,3)23-9-11(7-14(23)24)15(25)22-8-10-6-12(18)4-5-13(10)17(19,20)21/h4-6,11H,7-9H2,1-3H3,(H,22,25)/t11-/m0/s1. The van der Waals surface area contributed by atoms with Crippen molar-refractivity contribution in [1.82, 2.24) is 10.2 Å². The molecule has 0 spiro atoms. The van der Waals surface area contributed by atoms with Gasteiger partial charge in [-0.3, -0.25) is 9.59 Å². The molecule has 1 fully saturated rings. The highest BCUT2D eigenvalue weighted by Crippen LogP contribution is 2.32. The van der Waals surface area contributed by atoms with E-state index in [4.69, 9.17) is 0 Å². The van der Waals surface area contributed by atoms with Crippen molar-refractivity contribution in [2.24, 2.45) is 5.92 Å². The number of carbonyl (C=O) groups excluding carboxylic acids is 2. The molecule has 138 valence electrons. The van der Waals surface area contributed by atoms with E-state index in [0.717, 1.165) is 12.1 Å². The van der Waals surface area contributed by atoms with Gasteiger partial charge in [0.25, 0.3) is 0 Å². The number of hydrogen-bond acceptors (Lipinski definition) is 2. The third kappa shape index (κ3) is 4.49. The molecule has 2 amide bonds. The van der Waals surface area contributed by atoms with Gasteiger partial charge in [0, 0.05) is 25.0 Å². The Labute approximate surface area is 143 Å². The molecule has 0 aromatic heterocycles. The first-order valence-corrected chi connectivity index (χ1v) is 7.83. The minimum atomic E-state index is -4.64. The van der Waals surface area contributed by atoms with E-state index in [-0.39, 0.29) is 24.4 Å². The molecular weight excluding hydrogens is 340 g/mol. The minimum Gasteiger partial charge on any atom is -0.352 e. The Kier molecular flexibility index (Phi) is 5.11. The highest BCUT2D eigenvalue weighted by molar-refractivity contribution is 5.89. The summed E-state index contributed by atoms with van der Waals surface area (Å²) in [6.07, 6.45) is -4.63. The molecule has 0 aliphatic carbocycles. The van der Waals surface area contributed by atoms with Crippen LogP contribution < -0.4 is 5.32 Å². The van der Waals surface area contributed by atoms with Crippen LogP contribution in [0.2, 0.25) is 0 Å². The molecule has 1 aliphatic heterocycles. The molecule has 0 unspecified atom stereocenters. The van der Waals surface area contributed by atoms with Gasteiger partial charge in [-0.2, -0.15) is 13.2 Å². The monoisotopic (exact) mass is 360 g/mol. The lowest BCUT2D eigenvalue weighted by molar-refractivity contribution is -0.138. The molecule has 1 atom stereocenters. The number of nitrogens with zero attached hydrogens (tertiary/aromatic N) is 1. The molecule has 1 aliphatic rings. The number of rotatable bonds is 3. The van der Waals surface area contributed by atoms with Gasteiger partial charge < -0.3 is 10.2 Å². The smallest absolute Gasteiger partial charge is 0.352 e. The van der Waals surface area contributed by atoms with E-state index in [0.29, 0.717) is 6.07 Å². The van der Waals surface area contributed by atoms with Gasteiger partial charge >= 0.3 is 6.18 Å². The van der Waals surface area contributed by atoms with E-state index in [2.05, 4.69) is 5.32 Å². The summed E-state index contributed by atoms with van der Waals surface area (Å²) in [5, 5.41) is 2.39. The van der Waals surface area contributed by atoms with Crippen LogP contribution in [0.4, 0.5) is 17.6 Å². The van der Waals surface area contributed by atoms with E-state index in [9.17, 15) is 27.2 Å². The van der Waals surface area contributed by atoms with Crippen molar-refractivity contribution >= 4 is 11.8 Å². The Balaban J connectivity index is 2.07. The number of carbonyl (C=O) groups is 2. The van der Waals surface area contributed by atoms with Crippen LogP contribution in [-0.4, -0.2) is 28.8 Å². The van der Waals surface area contributed by atoms with Crippen molar-refractivity contribution in [3.8, 4) is 0 Å². The van der Waals surface area contributed by atoms with Crippen molar-refractivity contribution in [3.63, 3.8) is 0 Å². The summed E-state index contributed by atoms with van der Waals surface area (Å²) < 4.78 is 52.1. The van der Waals surface area contributed by atoms with Gasteiger partial charge in [-0.1, -0.05) is 0 Å². The Hall–Kier alpha value is -2.12. The summed E-state index contributed by atoms with van der Waals surface area (Å²) >= 11 is 0. The lowest BCUT2D eigenvalue weighted by Gasteiger charge is -2.31. The van der Waals surface area contributed by atoms with Crippen molar-refractivity contribution in [2.75, 3.05) is 6.54 Å². The van der Waals surface area contributed by atoms with Crippen molar-refractivity contribution < 1.29 is 27.2 Å². The Morgan fingerprint density at radius 3 is 2.44 bits per heavy atom. The van der Waals surface area contributed by atoms with Gasteiger partial charge in [-0.05, 0) is 44.5 Å². The van der Waals surface area contributed by atoms with Gasteiger partial charge in [0.05, 0.1) is 11.5 Å². The molecule has 1 heterocycles. The van der Waals surface area contributed by atoms with Gasteiger partial charge in [-0.25, -0.2) is 4.39 Å². The molecule has 4 nitrogen and oxygen atoms in total. The number of benzene rings is 1. The van der Waals surface area contributed by atoms with Crippen molar-refractivity contribution in [1.29, 1.82) is 0 Å². The molecule has 8 heteroatoms. The maximum absolute atomic E-state index is 13.3. The number of halogens is 4. The zero-order valence-electron chi connectivity index (χ0n) is 14.2. The van der Waals surface area contributed by atoms with Crippen molar-refractivity contribution in [2.45, 2.75) is 45.5 Å². The van der Waals surface area contributed by atoms with E-state index in [1.807, 2.05) is 20.8 Å². The topological polar surface area (TPSA) is 49.4 Å². The third-order valence-electron chi connectivity index (χ3n) is 4.13. The maximum atomic E-state index is 13.3. The fraction of sp³-hybridized carbons (Fsp3) is 0.529. The molecule has 1 N–H and O–H groups in total. The lowest BCUT2D eigenvalue weighted by atomic mass is 10.0. The summed E-state index contributed by atoms with van der Waals surface area (Å²) in [6, 6.07) is 2.13. The molecule has 1 aromatic rings. The van der Waals surface area contributed by atoms with Crippen LogP contribution >= 0.6 is 0 Å². The van der Waals surface area contributed by atoms with Gasteiger partial charge in [0.15, 0.2) is 0 Å². The second-order valence-electron chi connectivity index (χ2n) is 7.09. The second-order valence-corrected chi connectivity index (χ2v) is 7.09. The first-order valence-electron chi connectivity index (χ1n) is 7.83. The second kappa shape index (κ2) is 6.65. The van der Waals surface area contributed by atoms with E-state index >= 15 is 0 Å². The number of alkyl halides is 3. The van der Waals surface area contributed by atoms with Gasteiger partial charge in [0.1, 0.15) is 5.82 Å². The van der Waals surface area contributed by atoms with Crippen LogP contribution in [-0.2, 0) is 22.3 Å². The van der Waals surface area contributed by atoms with Crippen LogP contribution in [0.3, 0.4) is 0 Å². The van der Waals surface area contributed by atoms with E-state index < -0.39 is 41.5 Å². The largest absolute Gasteiger partial charge is 0.416 e. The van der Waals surface area contributed by atoms with Crippen LogP contribution in [0.15, 0.2) is 18.2 Å². The predicted molar refractivity (Wildman–Crippen MR) is 82.8 cm³/mol. The number of likely N-dealkylation sites (tertiary alicyclic amines) is 1. The number of nitrogens with one attached hydrogen (secondary N) is 1. The molecule has 25 heavy (non-hydrogen) atoms. The molecule has 0 bridgehead atoms. The van der Waals surface area contributed by atoms with E-state index in [1.54, 1.807) is 4.90 Å². The summed E-state index contributed by atoms with van der Waals surface area (Å²) in [5.74, 6) is -2.13. The average molecular weight is 360 g/mol. The Bertz CT molecular complexity index is 680. The lowest BCUT2D eigenvalue weighted by Crippen LogP contribution is -2.43. The number of hydrogen-bond donors (Lipinski definition) is 1. The minimum absolute atomic E-state index is 0.0123. The summed E-state index contributed by atoms with van der Waals surface area (Å²) in [5.41, 5.74) is -1.77. The summed E-state index contributed by atoms with van der Waals surface area (Å²) in [7, 11) is 0. The van der Waals surface area contributed by atoms with E-state index in [1.165, 1.54) is 0 Å². The first kappa shape index (κ1) is 19.2. The summed E-state index contributed by atoms with van der Waals surface area (Å²) in [6.45, 7) is 5.28. The molecule has 0 saturated carbocycles. The highest BCUT2D eigenvalue weighted by atomic mass is 19.4. The third-order valence-corrected chi connectivity index (χ3v) is 4.13. The Morgan fingerprint density at radius 2 is 1.92 bits per heavy atom. The quantitative estimate of drug-likeness (QED) is 0.842. The molecule has 1 saturated heterocycles. The maximum Gasteiger partial charge on any atom is 0.416 e. The van der Waals surface area contributed by atoms with Crippen LogP contribution in [0.1, 0.15) is 38.3 Å². The zero-order valence-corrected chi connectivity index (χ0v) is 14.2.